The van der Waals surface area contributed by atoms with Crippen molar-refractivity contribution in [1.82, 2.24) is 10.2 Å². The molecule has 0 spiro atoms. The fraction of sp³-hybridized carbons (Fsp3) is 0.467. The van der Waals surface area contributed by atoms with E-state index in [0.717, 1.165) is 19.5 Å². The Labute approximate surface area is 118 Å². The van der Waals surface area contributed by atoms with E-state index in [1.807, 2.05) is 0 Å². The number of likely N-dealkylation sites (N-methyl/N-ethyl adjacent to an activating group) is 1. The van der Waals surface area contributed by atoms with E-state index in [1.54, 1.807) is 36.2 Å². The van der Waals surface area contributed by atoms with Crippen LogP contribution in [0.4, 0.5) is 0 Å². The zero-order valence-electron chi connectivity index (χ0n) is 11.9. The van der Waals surface area contributed by atoms with Crippen molar-refractivity contribution in [3.63, 3.8) is 0 Å². The maximum absolute atomic E-state index is 12.0. The number of nitrogens with one attached hydrogen (secondary N) is 1. The number of ether oxygens (including phenoxy) is 1. The van der Waals surface area contributed by atoms with Gasteiger partial charge in [0.2, 0.25) is 0 Å². The Morgan fingerprint density at radius 1 is 1.45 bits per heavy atom. The normalized spacial score (nSPS) is 17.8. The second kappa shape index (κ2) is 6.52. The molecule has 1 aromatic carbocycles. The van der Waals surface area contributed by atoms with Crippen LogP contribution in [0.1, 0.15) is 23.7 Å². The molecule has 1 amide bonds. The molecular weight excluding hydrogens is 256 g/mol. The van der Waals surface area contributed by atoms with Gasteiger partial charge in [-0.15, -0.1) is 0 Å². The number of Topliss-reactive ketones (excluding diaryl/α,β-unsaturated/α-hetero) is 1. The lowest BCUT2D eigenvalue weighted by molar-refractivity contribution is -0.133. The van der Waals surface area contributed by atoms with Gasteiger partial charge in [-0.05, 0) is 32.0 Å². The average molecular weight is 276 g/mol. The Kier molecular flexibility index (Phi) is 4.74. The number of nitrogens with zero attached hydrogens (tertiary/aromatic N) is 1. The number of ketones is 1. The highest BCUT2D eigenvalue weighted by atomic mass is 16.5. The van der Waals surface area contributed by atoms with E-state index in [0.29, 0.717) is 11.3 Å². The molecule has 1 saturated heterocycles. The SMILES string of the molecule is CC(=O)c1cccc(OCC(=O)N(C)C2CCNC2)c1. The highest BCUT2D eigenvalue weighted by Crippen LogP contribution is 2.14. The minimum atomic E-state index is -0.0491. The number of hydrogen-bond acceptors (Lipinski definition) is 4. The summed E-state index contributed by atoms with van der Waals surface area (Å²) in [6.07, 6.45) is 0.974. The minimum Gasteiger partial charge on any atom is -0.484 e. The summed E-state index contributed by atoms with van der Waals surface area (Å²) in [7, 11) is 1.80. The van der Waals surface area contributed by atoms with Gasteiger partial charge >= 0.3 is 0 Å². The molecule has 1 N–H and O–H groups in total. The van der Waals surface area contributed by atoms with Crippen molar-refractivity contribution < 1.29 is 14.3 Å². The first-order valence-electron chi connectivity index (χ1n) is 6.78. The third kappa shape index (κ3) is 3.57. The topological polar surface area (TPSA) is 58.6 Å². The van der Waals surface area contributed by atoms with Gasteiger partial charge < -0.3 is 15.0 Å². The molecule has 20 heavy (non-hydrogen) atoms. The van der Waals surface area contributed by atoms with Crippen LogP contribution < -0.4 is 10.1 Å². The molecule has 1 aliphatic heterocycles. The van der Waals surface area contributed by atoms with Gasteiger partial charge in [0, 0.05) is 25.2 Å². The van der Waals surface area contributed by atoms with Crippen LogP contribution in [0.25, 0.3) is 0 Å². The van der Waals surface area contributed by atoms with Crippen molar-refractivity contribution in [2.75, 3.05) is 26.7 Å². The molecule has 1 aliphatic rings. The second-order valence-corrected chi connectivity index (χ2v) is 5.02. The summed E-state index contributed by atoms with van der Waals surface area (Å²) in [5.41, 5.74) is 0.586. The Hall–Kier alpha value is -1.88. The number of hydrogen-bond donors (Lipinski definition) is 1. The first-order valence-corrected chi connectivity index (χ1v) is 6.78. The summed E-state index contributed by atoms with van der Waals surface area (Å²) in [5.74, 6) is 0.479. The Morgan fingerprint density at radius 3 is 2.90 bits per heavy atom. The molecule has 2 rings (SSSR count). The van der Waals surface area contributed by atoms with Crippen LogP contribution in [0.5, 0.6) is 5.75 Å². The highest BCUT2D eigenvalue weighted by molar-refractivity contribution is 5.94. The predicted molar refractivity (Wildman–Crippen MR) is 76.0 cm³/mol. The molecule has 1 unspecified atom stereocenters. The van der Waals surface area contributed by atoms with E-state index >= 15 is 0 Å². The summed E-state index contributed by atoms with van der Waals surface area (Å²) in [4.78, 5) is 25.0. The minimum absolute atomic E-state index is 0.00560. The predicted octanol–water partition coefficient (Wildman–Crippen LogP) is 1.09. The van der Waals surface area contributed by atoms with Crippen LogP contribution >= 0.6 is 0 Å². The summed E-state index contributed by atoms with van der Waals surface area (Å²) in [5, 5.41) is 3.23. The van der Waals surface area contributed by atoms with Crippen LogP contribution in [0, 0.1) is 0 Å². The summed E-state index contributed by atoms with van der Waals surface area (Å²) in [6.45, 7) is 3.28. The Bertz CT molecular complexity index is 496. The molecule has 0 bridgehead atoms. The fourth-order valence-corrected chi connectivity index (χ4v) is 2.23. The third-order valence-corrected chi connectivity index (χ3v) is 3.58. The van der Waals surface area contributed by atoms with Crippen molar-refractivity contribution in [3.8, 4) is 5.75 Å². The van der Waals surface area contributed by atoms with Gasteiger partial charge in [0.05, 0.1) is 0 Å². The smallest absolute Gasteiger partial charge is 0.260 e. The number of carbonyl (C=O) groups is 2. The largest absolute Gasteiger partial charge is 0.484 e. The highest BCUT2D eigenvalue weighted by Gasteiger charge is 2.23. The molecule has 1 fully saturated rings. The first-order chi connectivity index (χ1) is 9.58. The van der Waals surface area contributed by atoms with Gasteiger partial charge in [0.25, 0.3) is 5.91 Å². The second-order valence-electron chi connectivity index (χ2n) is 5.02. The molecular formula is C15H20N2O3. The zero-order valence-corrected chi connectivity index (χ0v) is 11.9. The summed E-state index contributed by atoms with van der Waals surface area (Å²) in [6, 6.07) is 7.13. The van der Waals surface area contributed by atoms with Gasteiger partial charge in [-0.1, -0.05) is 12.1 Å². The van der Waals surface area contributed by atoms with Crippen LogP contribution in [0.2, 0.25) is 0 Å². The van der Waals surface area contributed by atoms with E-state index < -0.39 is 0 Å². The van der Waals surface area contributed by atoms with E-state index in [2.05, 4.69) is 5.32 Å². The maximum atomic E-state index is 12.0. The first kappa shape index (κ1) is 14.5. The molecule has 0 radical (unpaired) electrons. The van der Waals surface area contributed by atoms with E-state index in [1.165, 1.54) is 6.92 Å². The Balaban J connectivity index is 1.89. The Morgan fingerprint density at radius 2 is 2.25 bits per heavy atom. The molecule has 0 aromatic heterocycles. The van der Waals surface area contributed by atoms with Crippen LogP contribution in [0.15, 0.2) is 24.3 Å². The number of benzene rings is 1. The summed E-state index contributed by atoms with van der Waals surface area (Å²) >= 11 is 0. The molecule has 0 aliphatic carbocycles. The van der Waals surface area contributed by atoms with Crippen molar-refractivity contribution in [3.05, 3.63) is 29.8 Å². The van der Waals surface area contributed by atoms with Crippen LogP contribution in [0.3, 0.4) is 0 Å². The molecule has 108 valence electrons. The lowest BCUT2D eigenvalue weighted by atomic mass is 10.1. The standard InChI is InChI=1S/C15H20N2O3/c1-11(18)12-4-3-5-14(8-12)20-10-15(19)17(2)13-6-7-16-9-13/h3-5,8,13,16H,6-7,9-10H2,1-2H3. The maximum Gasteiger partial charge on any atom is 0.260 e. The average Bonchev–Trinajstić information content (AvgIpc) is 2.98. The van der Waals surface area contributed by atoms with E-state index in [4.69, 9.17) is 4.74 Å². The van der Waals surface area contributed by atoms with Crippen molar-refractivity contribution >= 4 is 11.7 Å². The lowest BCUT2D eigenvalue weighted by Gasteiger charge is -2.23. The van der Waals surface area contributed by atoms with E-state index in [9.17, 15) is 9.59 Å². The number of carbonyl (C=O) groups excluding carboxylic acids is 2. The number of rotatable bonds is 5. The van der Waals surface area contributed by atoms with Crippen molar-refractivity contribution in [1.29, 1.82) is 0 Å². The van der Waals surface area contributed by atoms with Gasteiger partial charge in [0.1, 0.15) is 5.75 Å². The van der Waals surface area contributed by atoms with Crippen molar-refractivity contribution in [2.24, 2.45) is 0 Å². The van der Waals surface area contributed by atoms with Gasteiger partial charge in [-0.3, -0.25) is 9.59 Å². The molecule has 1 heterocycles. The summed E-state index contributed by atoms with van der Waals surface area (Å²) < 4.78 is 5.48. The zero-order chi connectivity index (χ0) is 14.5. The third-order valence-electron chi connectivity index (χ3n) is 3.58. The van der Waals surface area contributed by atoms with Gasteiger partial charge in [-0.2, -0.15) is 0 Å². The molecule has 0 saturated carbocycles. The monoisotopic (exact) mass is 276 g/mol. The lowest BCUT2D eigenvalue weighted by Crippen LogP contribution is -2.40. The quantitative estimate of drug-likeness (QED) is 0.818. The fourth-order valence-electron chi connectivity index (χ4n) is 2.23. The molecule has 5 nitrogen and oxygen atoms in total. The van der Waals surface area contributed by atoms with Gasteiger partial charge in [0.15, 0.2) is 12.4 Å². The van der Waals surface area contributed by atoms with E-state index in [-0.39, 0.29) is 24.3 Å². The molecule has 1 atom stereocenters. The van der Waals surface area contributed by atoms with Gasteiger partial charge in [-0.25, -0.2) is 0 Å². The van der Waals surface area contributed by atoms with Crippen LogP contribution in [-0.2, 0) is 4.79 Å². The van der Waals surface area contributed by atoms with Crippen molar-refractivity contribution in [2.45, 2.75) is 19.4 Å². The molecule has 1 aromatic rings. The molecule has 5 heteroatoms. The number of amides is 1. The van der Waals surface area contributed by atoms with Crippen LogP contribution in [-0.4, -0.2) is 49.4 Å².